The third-order valence-electron chi connectivity index (χ3n) is 6.08. The van der Waals surface area contributed by atoms with Crippen LogP contribution in [-0.4, -0.2) is 74.4 Å². The Kier molecular flexibility index (Phi) is 4.89. The van der Waals surface area contributed by atoms with Crippen LogP contribution in [0.2, 0.25) is 0 Å². The molecule has 2 saturated heterocycles. The Hall–Kier alpha value is -0.160. The summed E-state index contributed by atoms with van der Waals surface area (Å²) in [6.07, 6.45) is 5.45. The van der Waals surface area contributed by atoms with Gasteiger partial charge in [-0.25, -0.2) is 0 Å². The molecule has 122 valence electrons. The fourth-order valence-electron chi connectivity index (χ4n) is 4.90. The molecular weight excluding hydrogens is 262 g/mol. The van der Waals surface area contributed by atoms with Gasteiger partial charge < -0.3 is 10.1 Å². The van der Waals surface area contributed by atoms with E-state index in [2.05, 4.69) is 36.0 Å². The van der Waals surface area contributed by atoms with Crippen molar-refractivity contribution < 1.29 is 4.74 Å². The van der Waals surface area contributed by atoms with E-state index in [1.165, 1.54) is 38.8 Å². The Bertz CT molecular complexity index is 341. The lowest BCUT2D eigenvalue weighted by molar-refractivity contribution is 0.0135. The summed E-state index contributed by atoms with van der Waals surface area (Å²) in [6.45, 7) is 11.5. The number of hydrogen-bond acceptors (Lipinski definition) is 4. The Balaban J connectivity index is 1.61. The molecule has 1 aliphatic carbocycles. The molecule has 0 spiro atoms. The van der Waals surface area contributed by atoms with Crippen LogP contribution in [0.4, 0.5) is 0 Å². The number of nitrogens with zero attached hydrogens (tertiary/aromatic N) is 2. The van der Waals surface area contributed by atoms with Crippen LogP contribution in [0.1, 0.15) is 39.5 Å². The van der Waals surface area contributed by atoms with Crippen LogP contribution in [0.15, 0.2) is 0 Å². The molecule has 0 radical (unpaired) electrons. The minimum atomic E-state index is 0.425. The summed E-state index contributed by atoms with van der Waals surface area (Å²) in [5, 5.41) is 3.64. The van der Waals surface area contributed by atoms with E-state index in [4.69, 9.17) is 4.74 Å². The van der Waals surface area contributed by atoms with Gasteiger partial charge in [0.15, 0.2) is 0 Å². The normalized spacial score (nSPS) is 38.7. The van der Waals surface area contributed by atoms with Crippen LogP contribution in [0.5, 0.6) is 0 Å². The lowest BCUT2D eigenvalue weighted by Gasteiger charge is -2.47. The number of ether oxygens (including phenoxy) is 1. The zero-order chi connectivity index (χ0) is 14.9. The average Bonchev–Trinajstić information content (AvgIpc) is 2.96. The zero-order valence-corrected chi connectivity index (χ0v) is 14.1. The quantitative estimate of drug-likeness (QED) is 0.855. The number of likely N-dealkylation sites (tertiary alicyclic amines) is 1. The molecule has 0 aromatic carbocycles. The van der Waals surface area contributed by atoms with Crippen LogP contribution < -0.4 is 5.32 Å². The molecule has 0 bridgehead atoms. The minimum Gasteiger partial charge on any atom is -0.379 e. The van der Waals surface area contributed by atoms with Gasteiger partial charge in [0.25, 0.3) is 0 Å². The van der Waals surface area contributed by atoms with E-state index in [9.17, 15) is 0 Å². The maximum atomic E-state index is 5.50. The van der Waals surface area contributed by atoms with Crippen molar-refractivity contribution in [1.29, 1.82) is 0 Å². The van der Waals surface area contributed by atoms with E-state index >= 15 is 0 Å². The van der Waals surface area contributed by atoms with Crippen molar-refractivity contribution in [3.05, 3.63) is 0 Å². The highest BCUT2D eigenvalue weighted by Gasteiger charge is 2.43. The Labute approximate surface area is 130 Å². The van der Waals surface area contributed by atoms with Gasteiger partial charge in [-0.05, 0) is 31.7 Å². The zero-order valence-electron chi connectivity index (χ0n) is 14.1. The Morgan fingerprint density at radius 3 is 2.52 bits per heavy atom. The molecular formula is C17H33N3O. The molecule has 2 aliphatic heterocycles. The third-order valence-corrected chi connectivity index (χ3v) is 6.08. The van der Waals surface area contributed by atoms with E-state index in [0.29, 0.717) is 11.5 Å². The maximum Gasteiger partial charge on any atom is 0.0594 e. The van der Waals surface area contributed by atoms with Gasteiger partial charge >= 0.3 is 0 Å². The van der Waals surface area contributed by atoms with Crippen molar-refractivity contribution in [1.82, 2.24) is 15.1 Å². The molecule has 2 heterocycles. The molecule has 0 aromatic rings. The SMILES string of the molecule is CNC1C(N2CCC(N3CCOCC3)C2)CCCC1(C)C. The van der Waals surface area contributed by atoms with Crippen molar-refractivity contribution in [3.8, 4) is 0 Å². The number of hydrogen-bond donors (Lipinski definition) is 1. The molecule has 3 unspecified atom stereocenters. The van der Waals surface area contributed by atoms with Gasteiger partial charge in [0.1, 0.15) is 0 Å². The topological polar surface area (TPSA) is 27.7 Å². The molecule has 1 saturated carbocycles. The van der Waals surface area contributed by atoms with E-state index in [1.807, 2.05) is 0 Å². The summed E-state index contributed by atoms with van der Waals surface area (Å²) >= 11 is 0. The molecule has 3 fully saturated rings. The molecule has 4 nitrogen and oxygen atoms in total. The molecule has 3 atom stereocenters. The summed E-state index contributed by atoms with van der Waals surface area (Å²) in [5.41, 5.74) is 0.425. The van der Waals surface area contributed by atoms with Crippen LogP contribution in [-0.2, 0) is 4.74 Å². The number of morpholine rings is 1. The van der Waals surface area contributed by atoms with Gasteiger partial charge in [-0.15, -0.1) is 0 Å². The van der Waals surface area contributed by atoms with Gasteiger partial charge in [0.05, 0.1) is 13.2 Å². The van der Waals surface area contributed by atoms with Crippen molar-refractivity contribution in [2.45, 2.75) is 57.7 Å². The molecule has 1 N–H and O–H groups in total. The highest BCUT2D eigenvalue weighted by atomic mass is 16.5. The smallest absolute Gasteiger partial charge is 0.0594 e. The standard InChI is InChI=1S/C17H33N3O/c1-17(2)7-4-5-15(16(17)18-3)20-8-6-14(13-20)19-9-11-21-12-10-19/h14-16,18H,4-13H2,1-3H3. The Morgan fingerprint density at radius 1 is 1.05 bits per heavy atom. The molecule has 21 heavy (non-hydrogen) atoms. The van der Waals surface area contributed by atoms with E-state index in [0.717, 1.165) is 38.4 Å². The molecule has 3 aliphatic rings. The largest absolute Gasteiger partial charge is 0.379 e. The molecule has 0 amide bonds. The van der Waals surface area contributed by atoms with Gasteiger partial charge in [-0.1, -0.05) is 20.3 Å². The van der Waals surface area contributed by atoms with Crippen molar-refractivity contribution in [3.63, 3.8) is 0 Å². The highest BCUT2D eigenvalue weighted by molar-refractivity contribution is 5.00. The van der Waals surface area contributed by atoms with Crippen LogP contribution >= 0.6 is 0 Å². The first-order chi connectivity index (χ1) is 10.1. The fourth-order valence-corrected chi connectivity index (χ4v) is 4.90. The second-order valence-corrected chi connectivity index (χ2v) is 7.80. The van der Waals surface area contributed by atoms with Crippen molar-refractivity contribution >= 4 is 0 Å². The monoisotopic (exact) mass is 295 g/mol. The molecule has 4 heteroatoms. The van der Waals surface area contributed by atoms with Gasteiger partial charge in [0, 0.05) is 44.3 Å². The molecule has 0 aromatic heterocycles. The van der Waals surface area contributed by atoms with Gasteiger partial charge in [-0.3, -0.25) is 9.80 Å². The second kappa shape index (κ2) is 6.53. The first kappa shape index (κ1) is 15.7. The van der Waals surface area contributed by atoms with Crippen LogP contribution in [0.25, 0.3) is 0 Å². The lowest BCUT2D eigenvalue weighted by atomic mass is 9.70. The van der Waals surface area contributed by atoms with E-state index in [1.54, 1.807) is 0 Å². The van der Waals surface area contributed by atoms with Gasteiger partial charge in [-0.2, -0.15) is 0 Å². The first-order valence-corrected chi connectivity index (χ1v) is 8.85. The molecule has 3 rings (SSSR count). The second-order valence-electron chi connectivity index (χ2n) is 7.80. The fraction of sp³-hybridized carbons (Fsp3) is 1.00. The predicted molar refractivity (Wildman–Crippen MR) is 86.6 cm³/mol. The minimum absolute atomic E-state index is 0.425. The third kappa shape index (κ3) is 3.29. The van der Waals surface area contributed by atoms with Crippen LogP contribution in [0.3, 0.4) is 0 Å². The van der Waals surface area contributed by atoms with Crippen LogP contribution in [0, 0.1) is 5.41 Å². The van der Waals surface area contributed by atoms with Crippen molar-refractivity contribution in [2.24, 2.45) is 5.41 Å². The lowest BCUT2D eigenvalue weighted by Crippen LogP contribution is -2.58. The summed E-state index contributed by atoms with van der Waals surface area (Å²) < 4.78 is 5.50. The van der Waals surface area contributed by atoms with E-state index < -0.39 is 0 Å². The summed E-state index contributed by atoms with van der Waals surface area (Å²) in [4.78, 5) is 5.44. The van der Waals surface area contributed by atoms with E-state index in [-0.39, 0.29) is 0 Å². The average molecular weight is 295 g/mol. The van der Waals surface area contributed by atoms with Gasteiger partial charge in [0.2, 0.25) is 0 Å². The summed E-state index contributed by atoms with van der Waals surface area (Å²) in [7, 11) is 2.15. The number of likely N-dealkylation sites (N-methyl/N-ethyl adjacent to an activating group) is 1. The highest BCUT2D eigenvalue weighted by Crippen LogP contribution is 2.38. The number of nitrogens with one attached hydrogen (secondary N) is 1. The first-order valence-electron chi connectivity index (χ1n) is 8.85. The summed E-state index contributed by atoms with van der Waals surface area (Å²) in [6, 6.07) is 2.12. The summed E-state index contributed by atoms with van der Waals surface area (Å²) in [5.74, 6) is 0. The maximum absolute atomic E-state index is 5.50. The van der Waals surface area contributed by atoms with Crippen molar-refractivity contribution in [2.75, 3.05) is 46.4 Å². The predicted octanol–water partition coefficient (Wildman–Crippen LogP) is 1.56. The Morgan fingerprint density at radius 2 is 1.81 bits per heavy atom. The number of rotatable bonds is 3.